The number of nitrogens with zero attached hydrogens (tertiary/aromatic N) is 2. The molecule has 1 aliphatic rings. The fourth-order valence-corrected chi connectivity index (χ4v) is 3.22. The zero-order valence-corrected chi connectivity index (χ0v) is 16.0. The number of nitrogens with one attached hydrogen (secondary N) is 1. The van der Waals surface area contributed by atoms with Crippen LogP contribution >= 0.6 is 0 Å². The van der Waals surface area contributed by atoms with E-state index >= 15 is 0 Å². The zero-order valence-electron chi connectivity index (χ0n) is 16.0. The lowest BCUT2D eigenvalue weighted by molar-refractivity contribution is -0.114. The van der Waals surface area contributed by atoms with Crippen LogP contribution in [-0.2, 0) is 4.79 Å². The molecule has 3 rings (SSSR count). The number of para-hydroxylation sites is 1. The molecule has 2 aromatic carbocycles. The molecule has 3 amide bonds. The van der Waals surface area contributed by atoms with Crippen LogP contribution in [-0.4, -0.2) is 60.8 Å². The number of hydrogen-bond donors (Lipinski definition) is 1. The summed E-state index contributed by atoms with van der Waals surface area (Å²) in [6.45, 7) is 3.22. The monoisotopic (exact) mass is 381 g/mol. The van der Waals surface area contributed by atoms with Crippen LogP contribution in [0, 0.1) is 0 Å². The first kappa shape index (κ1) is 19.4. The normalized spacial score (nSPS) is 13.8. The number of piperazine rings is 1. The van der Waals surface area contributed by atoms with E-state index in [1.165, 1.54) is 14.0 Å². The Morgan fingerprint density at radius 3 is 2.18 bits per heavy atom. The van der Waals surface area contributed by atoms with Crippen molar-refractivity contribution in [1.82, 2.24) is 9.80 Å². The fraction of sp³-hybridized carbons (Fsp3) is 0.286. The molecule has 0 aromatic heterocycles. The van der Waals surface area contributed by atoms with Gasteiger partial charge in [-0.3, -0.25) is 14.4 Å². The summed E-state index contributed by atoms with van der Waals surface area (Å²) in [5, 5.41) is 2.68. The Morgan fingerprint density at radius 2 is 1.54 bits per heavy atom. The Labute approximate surface area is 163 Å². The molecule has 0 atom stereocenters. The van der Waals surface area contributed by atoms with Gasteiger partial charge in [0, 0.05) is 44.4 Å². The molecule has 0 saturated carbocycles. The number of rotatable bonds is 4. The fourth-order valence-electron chi connectivity index (χ4n) is 3.22. The molecular formula is C21H23N3O4. The van der Waals surface area contributed by atoms with E-state index in [2.05, 4.69) is 5.32 Å². The molecule has 1 saturated heterocycles. The maximum Gasteiger partial charge on any atom is 0.257 e. The summed E-state index contributed by atoms with van der Waals surface area (Å²) in [7, 11) is 1.54. The second kappa shape index (κ2) is 8.56. The lowest BCUT2D eigenvalue weighted by Gasteiger charge is -2.35. The van der Waals surface area contributed by atoms with Crippen LogP contribution in [0.25, 0.3) is 0 Å². The van der Waals surface area contributed by atoms with Gasteiger partial charge in [0.25, 0.3) is 11.8 Å². The molecule has 0 unspecified atom stereocenters. The van der Waals surface area contributed by atoms with Crippen molar-refractivity contribution in [3.63, 3.8) is 0 Å². The first-order valence-corrected chi connectivity index (χ1v) is 9.09. The van der Waals surface area contributed by atoms with Gasteiger partial charge < -0.3 is 19.9 Å². The van der Waals surface area contributed by atoms with Crippen LogP contribution in [0.4, 0.5) is 5.69 Å². The molecular weight excluding hydrogens is 358 g/mol. The highest BCUT2D eigenvalue weighted by molar-refractivity contribution is 5.98. The second-order valence-electron chi connectivity index (χ2n) is 6.55. The molecule has 1 fully saturated rings. The topological polar surface area (TPSA) is 79.0 Å². The van der Waals surface area contributed by atoms with Gasteiger partial charge >= 0.3 is 0 Å². The van der Waals surface area contributed by atoms with E-state index in [0.29, 0.717) is 48.7 Å². The van der Waals surface area contributed by atoms with Crippen molar-refractivity contribution in [2.45, 2.75) is 6.92 Å². The highest BCUT2D eigenvalue weighted by Crippen LogP contribution is 2.21. The average molecular weight is 381 g/mol. The van der Waals surface area contributed by atoms with Crippen molar-refractivity contribution in [3.05, 3.63) is 59.7 Å². The van der Waals surface area contributed by atoms with Gasteiger partial charge in [-0.1, -0.05) is 18.2 Å². The van der Waals surface area contributed by atoms with Crippen LogP contribution in [0.2, 0.25) is 0 Å². The molecule has 28 heavy (non-hydrogen) atoms. The minimum absolute atomic E-state index is 0.0998. The van der Waals surface area contributed by atoms with Gasteiger partial charge in [-0.2, -0.15) is 0 Å². The van der Waals surface area contributed by atoms with E-state index in [1.807, 2.05) is 6.07 Å². The predicted octanol–water partition coefficient (Wildman–Crippen LogP) is 2.25. The Balaban J connectivity index is 1.64. The first-order valence-electron chi connectivity index (χ1n) is 9.09. The standard InChI is InChI=1S/C21H23N3O4/c1-15(25)22-17-7-5-6-16(14-17)20(26)23-10-12-24(13-11-23)21(27)18-8-3-4-9-19(18)28-2/h3-9,14H,10-13H2,1-2H3,(H,22,25). The van der Waals surface area contributed by atoms with E-state index in [-0.39, 0.29) is 17.7 Å². The van der Waals surface area contributed by atoms with Crippen molar-refractivity contribution in [2.24, 2.45) is 0 Å². The van der Waals surface area contributed by atoms with E-state index in [1.54, 1.807) is 52.3 Å². The third-order valence-corrected chi connectivity index (χ3v) is 4.62. The number of benzene rings is 2. The summed E-state index contributed by atoms with van der Waals surface area (Å²) in [5.41, 5.74) is 1.62. The van der Waals surface area contributed by atoms with E-state index in [9.17, 15) is 14.4 Å². The number of hydrogen-bond acceptors (Lipinski definition) is 4. The number of ether oxygens (including phenoxy) is 1. The molecule has 0 aliphatic carbocycles. The lowest BCUT2D eigenvalue weighted by atomic mass is 10.1. The van der Waals surface area contributed by atoms with E-state index in [0.717, 1.165) is 0 Å². The maximum atomic E-state index is 12.8. The highest BCUT2D eigenvalue weighted by Gasteiger charge is 2.26. The van der Waals surface area contributed by atoms with Gasteiger partial charge in [0.2, 0.25) is 5.91 Å². The van der Waals surface area contributed by atoms with Crippen LogP contribution in [0.15, 0.2) is 48.5 Å². The molecule has 146 valence electrons. The summed E-state index contributed by atoms with van der Waals surface area (Å²) < 4.78 is 5.27. The second-order valence-corrected chi connectivity index (χ2v) is 6.55. The molecule has 1 N–H and O–H groups in total. The van der Waals surface area contributed by atoms with Crippen molar-refractivity contribution in [1.29, 1.82) is 0 Å². The minimum atomic E-state index is -0.187. The van der Waals surface area contributed by atoms with Gasteiger partial charge in [0.05, 0.1) is 12.7 Å². The van der Waals surface area contributed by atoms with Crippen LogP contribution in [0.3, 0.4) is 0 Å². The predicted molar refractivity (Wildman–Crippen MR) is 106 cm³/mol. The Kier molecular flexibility index (Phi) is 5.93. The van der Waals surface area contributed by atoms with Crippen LogP contribution < -0.4 is 10.1 Å². The summed E-state index contributed by atoms with van der Waals surface area (Å²) >= 11 is 0. The van der Waals surface area contributed by atoms with Gasteiger partial charge in [0.1, 0.15) is 5.75 Å². The number of amides is 3. The van der Waals surface area contributed by atoms with Crippen molar-refractivity contribution < 1.29 is 19.1 Å². The first-order chi connectivity index (χ1) is 13.5. The van der Waals surface area contributed by atoms with Crippen molar-refractivity contribution in [3.8, 4) is 5.75 Å². The summed E-state index contributed by atoms with van der Waals surface area (Å²) in [5.74, 6) is 0.141. The molecule has 2 aromatic rings. The lowest BCUT2D eigenvalue weighted by Crippen LogP contribution is -2.50. The summed E-state index contributed by atoms with van der Waals surface area (Å²) in [6.07, 6.45) is 0. The Hall–Kier alpha value is -3.35. The zero-order chi connectivity index (χ0) is 20.1. The molecule has 1 heterocycles. The van der Waals surface area contributed by atoms with Crippen LogP contribution in [0.5, 0.6) is 5.75 Å². The molecule has 0 spiro atoms. The van der Waals surface area contributed by atoms with Gasteiger partial charge in [-0.05, 0) is 30.3 Å². The van der Waals surface area contributed by atoms with Gasteiger partial charge in [-0.15, -0.1) is 0 Å². The molecule has 7 heteroatoms. The molecule has 1 aliphatic heterocycles. The van der Waals surface area contributed by atoms with Gasteiger partial charge in [-0.25, -0.2) is 0 Å². The highest BCUT2D eigenvalue weighted by atomic mass is 16.5. The minimum Gasteiger partial charge on any atom is -0.496 e. The Bertz CT molecular complexity index is 889. The molecule has 7 nitrogen and oxygen atoms in total. The van der Waals surface area contributed by atoms with E-state index < -0.39 is 0 Å². The summed E-state index contributed by atoms with van der Waals surface area (Å²) in [6, 6.07) is 14.0. The Morgan fingerprint density at radius 1 is 0.893 bits per heavy atom. The molecule has 0 bridgehead atoms. The molecule has 0 radical (unpaired) electrons. The third kappa shape index (κ3) is 4.31. The number of methoxy groups -OCH3 is 1. The van der Waals surface area contributed by atoms with Crippen LogP contribution in [0.1, 0.15) is 27.6 Å². The number of anilines is 1. The van der Waals surface area contributed by atoms with Crippen molar-refractivity contribution >= 4 is 23.4 Å². The largest absolute Gasteiger partial charge is 0.496 e. The SMILES string of the molecule is COc1ccccc1C(=O)N1CCN(C(=O)c2cccc(NC(C)=O)c2)CC1. The average Bonchev–Trinajstić information content (AvgIpc) is 2.72. The van der Waals surface area contributed by atoms with E-state index in [4.69, 9.17) is 4.74 Å². The van der Waals surface area contributed by atoms with Crippen molar-refractivity contribution in [2.75, 3.05) is 38.6 Å². The number of carbonyl (C=O) groups excluding carboxylic acids is 3. The maximum absolute atomic E-state index is 12.8. The van der Waals surface area contributed by atoms with Gasteiger partial charge in [0.15, 0.2) is 0 Å². The summed E-state index contributed by atoms with van der Waals surface area (Å²) in [4.78, 5) is 40.2. The third-order valence-electron chi connectivity index (χ3n) is 4.62. The smallest absolute Gasteiger partial charge is 0.257 e. The quantitative estimate of drug-likeness (QED) is 0.881. The number of carbonyl (C=O) groups is 3.